The third kappa shape index (κ3) is 3.24. The highest BCUT2D eigenvalue weighted by Crippen LogP contribution is 2.56. The summed E-state index contributed by atoms with van der Waals surface area (Å²) in [7, 11) is 0. The second-order valence-corrected chi connectivity index (χ2v) is 8.61. The minimum atomic E-state index is -0.0123. The smallest absolute Gasteiger partial charge is 0.231 e. The molecule has 2 aliphatic rings. The number of aromatic nitrogens is 2. The van der Waals surface area contributed by atoms with Crippen molar-refractivity contribution >= 4 is 17.2 Å². The summed E-state index contributed by atoms with van der Waals surface area (Å²) >= 11 is 1.62. The first-order valence-electron chi connectivity index (χ1n) is 9.27. The first kappa shape index (κ1) is 16.8. The van der Waals surface area contributed by atoms with Gasteiger partial charge in [0.15, 0.2) is 0 Å². The number of carbonyl (C=O) groups is 1. The van der Waals surface area contributed by atoms with Crippen molar-refractivity contribution in [2.24, 2.45) is 23.7 Å². The molecular weight excluding hydrogens is 334 g/mol. The van der Waals surface area contributed by atoms with Crippen LogP contribution in [0.25, 0.3) is 11.4 Å². The molecule has 0 saturated heterocycles. The lowest BCUT2D eigenvalue weighted by Crippen LogP contribution is -2.38. The van der Waals surface area contributed by atoms with Crippen LogP contribution in [0.4, 0.5) is 0 Å². The van der Waals surface area contributed by atoms with Crippen LogP contribution in [-0.4, -0.2) is 22.6 Å². The van der Waals surface area contributed by atoms with E-state index in [1.54, 1.807) is 11.3 Å². The van der Waals surface area contributed by atoms with Gasteiger partial charge in [-0.3, -0.25) is 4.79 Å². The SMILES string of the molecule is CC(C)CCNC(=O)[C@H]1[C@H]2CC[C@H](C2)[C@@H]1c1nc(-c2ccsc2)no1. The van der Waals surface area contributed by atoms with E-state index in [0.717, 1.165) is 31.4 Å². The van der Waals surface area contributed by atoms with Crippen LogP contribution in [0.5, 0.6) is 0 Å². The fourth-order valence-electron chi connectivity index (χ4n) is 4.51. The van der Waals surface area contributed by atoms with Crippen molar-refractivity contribution in [3.8, 4) is 11.4 Å². The Balaban J connectivity index is 1.52. The maximum absolute atomic E-state index is 12.8. The number of fused-ring (bicyclic) bond motifs is 2. The Kier molecular flexibility index (Phi) is 4.63. The van der Waals surface area contributed by atoms with Gasteiger partial charge in [-0.25, -0.2) is 0 Å². The molecule has 0 unspecified atom stereocenters. The normalized spacial score (nSPS) is 28.0. The zero-order valence-corrected chi connectivity index (χ0v) is 15.6. The molecule has 5 nitrogen and oxygen atoms in total. The van der Waals surface area contributed by atoms with Gasteiger partial charge in [-0.1, -0.05) is 19.0 Å². The Hall–Kier alpha value is -1.69. The van der Waals surface area contributed by atoms with Crippen molar-refractivity contribution in [1.82, 2.24) is 15.5 Å². The van der Waals surface area contributed by atoms with Crippen molar-refractivity contribution in [3.05, 3.63) is 22.7 Å². The zero-order valence-electron chi connectivity index (χ0n) is 14.8. The van der Waals surface area contributed by atoms with Crippen LogP contribution < -0.4 is 5.32 Å². The van der Waals surface area contributed by atoms with Crippen LogP contribution in [0.1, 0.15) is 51.3 Å². The average molecular weight is 359 g/mol. The molecule has 2 aromatic heterocycles. The lowest BCUT2D eigenvalue weighted by Gasteiger charge is -2.27. The second kappa shape index (κ2) is 6.90. The van der Waals surface area contributed by atoms with Gasteiger partial charge in [0.2, 0.25) is 17.6 Å². The van der Waals surface area contributed by atoms with Gasteiger partial charge in [-0.2, -0.15) is 16.3 Å². The Morgan fingerprint density at radius 3 is 3.00 bits per heavy atom. The molecule has 2 saturated carbocycles. The Labute approximate surface area is 152 Å². The second-order valence-electron chi connectivity index (χ2n) is 7.83. The fraction of sp³-hybridized carbons (Fsp3) is 0.632. The van der Waals surface area contributed by atoms with Crippen molar-refractivity contribution in [2.45, 2.75) is 45.4 Å². The summed E-state index contributed by atoms with van der Waals surface area (Å²) in [5.41, 5.74) is 0.987. The molecule has 2 bridgehead atoms. The number of rotatable bonds is 6. The van der Waals surface area contributed by atoms with Crippen molar-refractivity contribution in [3.63, 3.8) is 0 Å². The maximum atomic E-state index is 12.8. The third-order valence-corrected chi connectivity index (χ3v) is 6.43. The van der Waals surface area contributed by atoms with Crippen LogP contribution in [0.2, 0.25) is 0 Å². The van der Waals surface area contributed by atoms with E-state index in [1.807, 2.05) is 16.8 Å². The van der Waals surface area contributed by atoms with Gasteiger partial charge >= 0.3 is 0 Å². The molecule has 2 aliphatic carbocycles. The van der Waals surface area contributed by atoms with E-state index in [4.69, 9.17) is 4.52 Å². The van der Waals surface area contributed by atoms with Crippen LogP contribution in [0.3, 0.4) is 0 Å². The van der Waals surface area contributed by atoms with Gasteiger partial charge in [0.05, 0.1) is 11.8 Å². The van der Waals surface area contributed by atoms with E-state index in [-0.39, 0.29) is 17.7 Å². The summed E-state index contributed by atoms with van der Waals surface area (Å²) in [5, 5.41) is 11.3. The number of thiophene rings is 1. The predicted octanol–water partition coefficient (Wildman–Crippen LogP) is 4.09. The maximum Gasteiger partial charge on any atom is 0.231 e. The Bertz CT molecular complexity index is 725. The van der Waals surface area contributed by atoms with Crippen molar-refractivity contribution in [2.75, 3.05) is 6.54 Å². The summed E-state index contributed by atoms with van der Waals surface area (Å²) in [5.74, 6) is 3.09. The van der Waals surface area contributed by atoms with Gasteiger partial charge in [0.25, 0.3) is 0 Å². The van der Waals surface area contributed by atoms with E-state index in [9.17, 15) is 4.79 Å². The molecule has 0 aromatic carbocycles. The molecule has 2 aromatic rings. The number of nitrogens with zero attached hydrogens (tertiary/aromatic N) is 2. The minimum Gasteiger partial charge on any atom is -0.356 e. The molecule has 4 rings (SSSR count). The highest BCUT2D eigenvalue weighted by molar-refractivity contribution is 7.08. The van der Waals surface area contributed by atoms with Gasteiger partial charge in [-0.05, 0) is 54.9 Å². The molecule has 0 spiro atoms. The number of amides is 1. The third-order valence-electron chi connectivity index (χ3n) is 5.75. The lowest BCUT2D eigenvalue weighted by molar-refractivity contribution is -0.127. The standard InChI is InChI=1S/C19H25N3O2S/c1-11(2)5-7-20-18(23)15-12-3-4-13(9-12)16(15)19-21-17(22-24-19)14-6-8-25-10-14/h6,8,10-13,15-16H,3-5,7,9H2,1-2H3,(H,20,23)/t12-,13+,15-,16-/m0/s1. The summed E-state index contributed by atoms with van der Waals surface area (Å²) in [6.45, 7) is 5.11. The first-order valence-corrected chi connectivity index (χ1v) is 10.2. The lowest BCUT2D eigenvalue weighted by atomic mass is 9.78. The van der Waals surface area contributed by atoms with E-state index < -0.39 is 0 Å². The molecule has 6 heteroatoms. The van der Waals surface area contributed by atoms with Crippen LogP contribution in [-0.2, 0) is 4.79 Å². The summed E-state index contributed by atoms with van der Waals surface area (Å²) < 4.78 is 5.61. The van der Waals surface area contributed by atoms with Crippen molar-refractivity contribution < 1.29 is 9.32 Å². The molecule has 2 fully saturated rings. The van der Waals surface area contributed by atoms with Gasteiger partial charge in [0, 0.05) is 17.5 Å². The average Bonchev–Trinajstić information content (AvgIpc) is 3.36. The van der Waals surface area contributed by atoms with Gasteiger partial charge in [0.1, 0.15) is 0 Å². The van der Waals surface area contributed by atoms with Crippen LogP contribution in [0.15, 0.2) is 21.3 Å². The van der Waals surface area contributed by atoms with Gasteiger partial charge < -0.3 is 9.84 Å². The van der Waals surface area contributed by atoms with Crippen LogP contribution >= 0.6 is 11.3 Å². The quantitative estimate of drug-likeness (QED) is 0.843. The minimum absolute atomic E-state index is 0.0123. The highest BCUT2D eigenvalue weighted by atomic mass is 32.1. The molecule has 1 amide bonds. The number of nitrogens with one attached hydrogen (secondary N) is 1. The van der Waals surface area contributed by atoms with Gasteiger partial charge in [-0.15, -0.1) is 0 Å². The molecular formula is C19H25N3O2S. The van der Waals surface area contributed by atoms with E-state index in [1.165, 1.54) is 6.42 Å². The van der Waals surface area contributed by atoms with E-state index >= 15 is 0 Å². The Morgan fingerprint density at radius 2 is 2.24 bits per heavy atom. The molecule has 2 heterocycles. The number of hydrogen-bond acceptors (Lipinski definition) is 5. The molecule has 0 radical (unpaired) electrons. The predicted molar refractivity (Wildman–Crippen MR) is 97.1 cm³/mol. The topological polar surface area (TPSA) is 68.0 Å². The summed E-state index contributed by atoms with van der Waals surface area (Å²) in [6, 6.07) is 2.00. The highest BCUT2D eigenvalue weighted by Gasteiger charge is 2.53. The van der Waals surface area contributed by atoms with E-state index in [2.05, 4.69) is 29.3 Å². The monoisotopic (exact) mass is 359 g/mol. The number of carbonyl (C=O) groups excluding carboxylic acids is 1. The largest absolute Gasteiger partial charge is 0.356 e. The molecule has 25 heavy (non-hydrogen) atoms. The van der Waals surface area contributed by atoms with E-state index in [0.29, 0.717) is 29.5 Å². The molecule has 4 atom stereocenters. The fourth-order valence-corrected chi connectivity index (χ4v) is 5.14. The zero-order chi connectivity index (χ0) is 17.4. The first-order chi connectivity index (χ1) is 12.1. The summed E-state index contributed by atoms with van der Waals surface area (Å²) in [6.07, 6.45) is 4.44. The molecule has 134 valence electrons. The molecule has 1 N–H and O–H groups in total. The summed E-state index contributed by atoms with van der Waals surface area (Å²) in [4.78, 5) is 17.5. The molecule has 0 aliphatic heterocycles. The van der Waals surface area contributed by atoms with Crippen LogP contribution in [0, 0.1) is 23.7 Å². The Morgan fingerprint density at radius 1 is 1.40 bits per heavy atom. The van der Waals surface area contributed by atoms with Crippen molar-refractivity contribution in [1.29, 1.82) is 0 Å². The number of hydrogen-bond donors (Lipinski definition) is 1.